The average molecular weight is 340 g/mol. The summed E-state index contributed by atoms with van der Waals surface area (Å²) in [5.74, 6) is -0.353. The van der Waals surface area contributed by atoms with E-state index in [0.29, 0.717) is 5.56 Å². The van der Waals surface area contributed by atoms with E-state index in [-0.39, 0.29) is 28.8 Å². The summed E-state index contributed by atoms with van der Waals surface area (Å²) in [6.07, 6.45) is 3.82. The molecule has 0 bridgehead atoms. The molecule has 1 heterocycles. The average Bonchev–Trinajstić information content (AvgIpc) is 3.42. The highest BCUT2D eigenvalue weighted by Crippen LogP contribution is 2.47. The number of carbonyl (C=O) groups is 2. The van der Waals surface area contributed by atoms with Crippen molar-refractivity contribution in [3.05, 3.63) is 66.0 Å². The van der Waals surface area contributed by atoms with Crippen LogP contribution in [0.2, 0.25) is 0 Å². The first-order valence-electron chi connectivity index (χ1n) is 7.51. The molecule has 0 aliphatic heterocycles. The lowest BCUT2D eigenvalue weighted by Gasteiger charge is -2.10. The summed E-state index contributed by atoms with van der Waals surface area (Å²) in [6, 6.07) is 13.2. The Balaban J connectivity index is 1.44. The molecule has 1 saturated carbocycles. The maximum Gasteiger partial charge on any atom is 0.259 e. The Bertz CT molecular complexity index is 752. The summed E-state index contributed by atoms with van der Waals surface area (Å²) < 4.78 is 0. The molecule has 24 heavy (non-hydrogen) atoms. The van der Waals surface area contributed by atoms with Gasteiger partial charge < -0.3 is 0 Å². The Morgan fingerprint density at radius 3 is 2.58 bits per heavy atom. The molecule has 3 N–H and O–H groups in total. The summed E-state index contributed by atoms with van der Waals surface area (Å²) >= 11 is 5.00. The van der Waals surface area contributed by atoms with Crippen molar-refractivity contribution in [3.63, 3.8) is 0 Å². The van der Waals surface area contributed by atoms with Gasteiger partial charge in [-0.3, -0.25) is 30.7 Å². The number of hydrogen-bond donors (Lipinski definition) is 3. The third-order valence-corrected chi connectivity index (χ3v) is 4.01. The Labute approximate surface area is 144 Å². The Kier molecular flexibility index (Phi) is 4.81. The van der Waals surface area contributed by atoms with Gasteiger partial charge in [-0.05, 0) is 42.3 Å². The molecular formula is C17H16N4O2S. The molecule has 2 atom stereocenters. The van der Waals surface area contributed by atoms with Gasteiger partial charge in [0.05, 0.1) is 5.56 Å². The molecule has 0 radical (unpaired) electrons. The Morgan fingerprint density at radius 2 is 1.88 bits per heavy atom. The van der Waals surface area contributed by atoms with Gasteiger partial charge in [0.25, 0.3) is 5.91 Å². The third-order valence-electron chi connectivity index (χ3n) is 3.80. The number of benzene rings is 1. The van der Waals surface area contributed by atoms with Crippen molar-refractivity contribution in [2.24, 2.45) is 5.92 Å². The molecule has 0 unspecified atom stereocenters. The Hall–Kier alpha value is -2.80. The summed E-state index contributed by atoms with van der Waals surface area (Å²) in [6.45, 7) is 0. The van der Waals surface area contributed by atoms with Gasteiger partial charge in [0.15, 0.2) is 5.11 Å². The Morgan fingerprint density at radius 1 is 1.08 bits per heavy atom. The van der Waals surface area contributed by atoms with E-state index in [4.69, 9.17) is 12.2 Å². The second kappa shape index (κ2) is 7.18. The van der Waals surface area contributed by atoms with Crippen LogP contribution in [0.5, 0.6) is 0 Å². The zero-order chi connectivity index (χ0) is 16.9. The van der Waals surface area contributed by atoms with E-state index in [0.717, 1.165) is 12.0 Å². The number of rotatable bonds is 3. The van der Waals surface area contributed by atoms with Crippen LogP contribution in [0, 0.1) is 5.92 Å². The molecule has 2 aromatic rings. The van der Waals surface area contributed by atoms with E-state index in [9.17, 15) is 9.59 Å². The van der Waals surface area contributed by atoms with Crippen LogP contribution < -0.4 is 16.2 Å². The van der Waals surface area contributed by atoms with E-state index in [1.54, 1.807) is 18.3 Å². The van der Waals surface area contributed by atoms with Crippen molar-refractivity contribution >= 4 is 29.1 Å². The second-order valence-electron chi connectivity index (χ2n) is 5.50. The molecule has 1 fully saturated rings. The van der Waals surface area contributed by atoms with Crippen molar-refractivity contribution in [1.29, 1.82) is 0 Å². The van der Waals surface area contributed by atoms with Gasteiger partial charge in [-0.2, -0.15) is 0 Å². The molecule has 1 aromatic carbocycles. The standard InChI is InChI=1S/C17H16N4O2S/c22-15(12-7-4-8-18-10-12)19-17(24)21-20-16(23)14-9-13(14)11-5-2-1-3-6-11/h1-8,10,13-14H,9H2,(H,20,23)(H2,19,21,22,24)/t13-,14+/m1/s1. The number of pyridine rings is 1. The largest absolute Gasteiger partial charge is 0.298 e. The second-order valence-corrected chi connectivity index (χ2v) is 5.91. The number of nitrogens with one attached hydrogen (secondary N) is 3. The predicted molar refractivity (Wildman–Crippen MR) is 92.9 cm³/mol. The van der Waals surface area contributed by atoms with Gasteiger partial charge in [-0.1, -0.05) is 30.3 Å². The molecule has 3 rings (SSSR count). The monoisotopic (exact) mass is 340 g/mol. The lowest BCUT2D eigenvalue weighted by Crippen LogP contribution is -2.49. The first-order chi connectivity index (χ1) is 11.6. The summed E-state index contributed by atoms with van der Waals surface area (Å²) in [5.41, 5.74) is 6.64. The molecule has 1 aliphatic carbocycles. The van der Waals surface area contributed by atoms with Crippen LogP contribution in [0.15, 0.2) is 54.9 Å². The normalized spacial score (nSPS) is 18.3. The first kappa shape index (κ1) is 16.1. The number of carbonyl (C=O) groups excluding carboxylic acids is 2. The van der Waals surface area contributed by atoms with Crippen molar-refractivity contribution in [2.45, 2.75) is 12.3 Å². The van der Waals surface area contributed by atoms with Crippen LogP contribution in [0.1, 0.15) is 28.3 Å². The molecule has 0 spiro atoms. The van der Waals surface area contributed by atoms with Crippen LogP contribution in [-0.2, 0) is 4.79 Å². The van der Waals surface area contributed by atoms with Crippen molar-refractivity contribution in [2.75, 3.05) is 0 Å². The van der Waals surface area contributed by atoms with Gasteiger partial charge in [0.1, 0.15) is 0 Å². The molecular weight excluding hydrogens is 324 g/mol. The maximum absolute atomic E-state index is 12.1. The third kappa shape index (κ3) is 3.94. The van der Waals surface area contributed by atoms with Gasteiger partial charge in [0.2, 0.25) is 5.91 Å². The van der Waals surface area contributed by atoms with E-state index in [2.05, 4.69) is 21.2 Å². The quantitative estimate of drug-likeness (QED) is 0.583. The summed E-state index contributed by atoms with van der Waals surface area (Å²) in [4.78, 5) is 27.8. The van der Waals surface area contributed by atoms with Crippen LogP contribution in [0.25, 0.3) is 0 Å². The number of thiocarbonyl (C=S) groups is 1. The molecule has 0 saturated heterocycles. The van der Waals surface area contributed by atoms with Gasteiger partial charge in [-0.15, -0.1) is 0 Å². The number of aromatic nitrogens is 1. The first-order valence-corrected chi connectivity index (χ1v) is 7.92. The fourth-order valence-electron chi connectivity index (χ4n) is 2.47. The molecule has 1 aliphatic rings. The SMILES string of the molecule is O=C(NC(=S)NNC(=O)[C@H]1C[C@@H]1c1ccccc1)c1cccnc1. The molecule has 6 nitrogen and oxygen atoms in total. The van der Waals surface area contributed by atoms with E-state index in [1.165, 1.54) is 6.20 Å². The summed E-state index contributed by atoms with van der Waals surface area (Å²) in [7, 11) is 0. The van der Waals surface area contributed by atoms with Crippen LogP contribution in [0.4, 0.5) is 0 Å². The topological polar surface area (TPSA) is 83.1 Å². The highest BCUT2D eigenvalue weighted by molar-refractivity contribution is 7.80. The van der Waals surface area contributed by atoms with Crippen molar-refractivity contribution in [1.82, 2.24) is 21.2 Å². The smallest absolute Gasteiger partial charge is 0.259 e. The van der Waals surface area contributed by atoms with Gasteiger partial charge in [0, 0.05) is 18.3 Å². The van der Waals surface area contributed by atoms with Gasteiger partial charge in [-0.25, -0.2) is 0 Å². The van der Waals surface area contributed by atoms with E-state index >= 15 is 0 Å². The highest BCUT2D eigenvalue weighted by Gasteiger charge is 2.43. The van der Waals surface area contributed by atoms with Gasteiger partial charge >= 0.3 is 0 Å². The molecule has 1 aromatic heterocycles. The lowest BCUT2D eigenvalue weighted by molar-refractivity contribution is -0.123. The summed E-state index contributed by atoms with van der Waals surface area (Å²) in [5, 5.41) is 2.52. The highest BCUT2D eigenvalue weighted by atomic mass is 32.1. The maximum atomic E-state index is 12.1. The fraction of sp³-hybridized carbons (Fsp3) is 0.176. The minimum atomic E-state index is -0.386. The molecule has 7 heteroatoms. The zero-order valence-corrected chi connectivity index (χ0v) is 13.5. The number of hydrogen-bond acceptors (Lipinski definition) is 4. The van der Waals surface area contributed by atoms with Crippen molar-refractivity contribution in [3.8, 4) is 0 Å². The van der Waals surface area contributed by atoms with Crippen LogP contribution in [-0.4, -0.2) is 21.9 Å². The zero-order valence-electron chi connectivity index (χ0n) is 12.7. The van der Waals surface area contributed by atoms with Crippen LogP contribution in [0.3, 0.4) is 0 Å². The van der Waals surface area contributed by atoms with Crippen LogP contribution >= 0.6 is 12.2 Å². The van der Waals surface area contributed by atoms with E-state index < -0.39 is 0 Å². The number of nitrogens with zero attached hydrogens (tertiary/aromatic N) is 1. The molecule has 2 amide bonds. The predicted octanol–water partition coefficient (Wildman–Crippen LogP) is 1.52. The minimum absolute atomic E-state index is 0.0362. The minimum Gasteiger partial charge on any atom is -0.298 e. The molecule has 122 valence electrons. The number of amides is 2. The van der Waals surface area contributed by atoms with E-state index in [1.807, 2.05) is 30.3 Å². The fourth-order valence-corrected chi connectivity index (χ4v) is 2.61. The van der Waals surface area contributed by atoms with Crippen molar-refractivity contribution < 1.29 is 9.59 Å². The number of hydrazine groups is 1. The lowest BCUT2D eigenvalue weighted by atomic mass is 10.1.